The van der Waals surface area contributed by atoms with Crippen LogP contribution in [0.4, 0.5) is 16.2 Å². The number of morpholine rings is 1. The maximum atomic E-state index is 12.6. The van der Waals surface area contributed by atoms with Crippen LogP contribution < -0.4 is 10.2 Å². The average molecular weight is 486 g/mol. The Hall–Kier alpha value is -3.40. The van der Waals surface area contributed by atoms with Gasteiger partial charge in [-0.2, -0.15) is 0 Å². The Morgan fingerprint density at radius 2 is 1.88 bits per heavy atom. The molecule has 2 saturated heterocycles. The lowest BCUT2D eigenvalue weighted by molar-refractivity contribution is -0.132. The summed E-state index contributed by atoms with van der Waals surface area (Å²) < 4.78 is 10.5. The maximum Gasteiger partial charge on any atom is 0.413 e. The second-order valence-electron chi connectivity index (χ2n) is 7.89. The molecule has 2 aliphatic rings. The van der Waals surface area contributed by atoms with E-state index in [1.54, 1.807) is 59.5 Å². The van der Waals surface area contributed by atoms with Gasteiger partial charge in [0.25, 0.3) is 5.91 Å². The molecule has 0 aromatic heterocycles. The minimum atomic E-state index is -0.900. The minimum absolute atomic E-state index is 0.0453. The number of aliphatic hydroxyl groups is 1. The summed E-state index contributed by atoms with van der Waals surface area (Å²) in [5.41, 5.74) is 1.96. The first-order chi connectivity index (χ1) is 16.4. The number of carbonyl (C=O) groups excluding carboxylic acids is 3. The van der Waals surface area contributed by atoms with Crippen molar-refractivity contribution in [2.24, 2.45) is 0 Å². The molecule has 2 aliphatic heterocycles. The molecule has 0 unspecified atom stereocenters. The Bertz CT molecular complexity index is 1070. The zero-order chi connectivity index (χ0) is 24.1. The normalized spacial score (nSPS) is 20.6. The Morgan fingerprint density at radius 1 is 1.15 bits per heavy atom. The van der Waals surface area contributed by atoms with E-state index in [1.165, 1.54) is 11.0 Å². The Balaban J connectivity index is 1.34. The molecule has 0 saturated carbocycles. The number of anilines is 2. The molecule has 10 heteroatoms. The number of ether oxygens (including phenoxy) is 2. The first-order valence-corrected chi connectivity index (χ1v) is 11.1. The standard InChI is InChI=1S/C24H24ClN3O6/c25-17-4-1-16(2-5-17)3-10-21(30)28-14-20(29)13-23(28)34-24(32)26-18-6-8-19(9-7-18)27-11-12-33-15-22(27)31/h1-10,20,23,29H,11-15H2,(H,26,32)/b10-3+/t20-,23-/m1/s1. The van der Waals surface area contributed by atoms with Gasteiger partial charge in [0.15, 0.2) is 6.23 Å². The van der Waals surface area contributed by atoms with E-state index in [0.717, 1.165) is 5.56 Å². The van der Waals surface area contributed by atoms with Gasteiger partial charge in [0, 0.05) is 35.4 Å². The number of rotatable bonds is 5. The van der Waals surface area contributed by atoms with Crippen molar-refractivity contribution in [2.45, 2.75) is 18.8 Å². The van der Waals surface area contributed by atoms with Crippen LogP contribution in [0, 0.1) is 0 Å². The van der Waals surface area contributed by atoms with Crippen LogP contribution in [0.2, 0.25) is 5.02 Å². The summed E-state index contributed by atoms with van der Waals surface area (Å²) in [6.45, 7) is 1.04. The molecule has 0 bridgehead atoms. The summed E-state index contributed by atoms with van der Waals surface area (Å²) in [6, 6.07) is 13.7. The second kappa shape index (κ2) is 10.7. The van der Waals surface area contributed by atoms with E-state index >= 15 is 0 Å². The molecule has 4 rings (SSSR count). The van der Waals surface area contributed by atoms with Crippen molar-refractivity contribution < 1.29 is 29.0 Å². The summed E-state index contributed by atoms with van der Waals surface area (Å²) in [5.74, 6) is -0.509. The number of halogens is 1. The van der Waals surface area contributed by atoms with Crippen molar-refractivity contribution in [3.63, 3.8) is 0 Å². The smallest absolute Gasteiger partial charge is 0.413 e. The van der Waals surface area contributed by atoms with Gasteiger partial charge in [0.05, 0.1) is 19.3 Å². The van der Waals surface area contributed by atoms with E-state index in [9.17, 15) is 19.5 Å². The molecule has 0 aliphatic carbocycles. The van der Waals surface area contributed by atoms with Crippen LogP contribution in [-0.2, 0) is 19.1 Å². The van der Waals surface area contributed by atoms with Crippen LogP contribution in [0.5, 0.6) is 0 Å². The van der Waals surface area contributed by atoms with E-state index in [-0.39, 0.29) is 31.4 Å². The molecule has 9 nitrogen and oxygen atoms in total. The Kier molecular flexibility index (Phi) is 7.46. The average Bonchev–Trinajstić information content (AvgIpc) is 3.19. The molecule has 2 aromatic rings. The monoisotopic (exact) mass is 485 g/mol. The highest BCUT2D eigenvalue weighted by atomic mass is 35.5. The lowest BCUT2D eigenvalue weighted by Crippen LogP contribution is -2.41. The number of aliphatic hydroxyl groups excluding tert-OH is 1. The van der Waals surface area contributed by atoms with Crippen LogP contribution in [0.3, 0.4) is 0 Å². The van der Waals surface area contributed by atoms with E-state index < -0.39 is 18.4 Å². The van der Waals surface area contributed by atoms with Crippen molar-refractivity contribution in [3.8, 4) is 0 Å². The van der Waals surface area contributed by atoms with E-state index in [4.69, 9.17) is 21.1 Å². The maximum absolute atomic E-state index is 12.6. The zero-order valence-electron chi connectivity index (χ0n) is 18.2. The van der Waals surface area contributed by atoms with Crippen LogP contribution in [0.15, 0.2) is 54.6 Å². The molecule has 2 aromatic carbocycles. The number of carbonyl (C=O) groups is 3. The predicted molar refractivity (Wildman–Crippen MR) is 126 cm³/mol. The number of hydrogen-bond donors (Lipinski definition) is 2. The zero-order valence-corrected chi connectivity index (χ0v) is 19.0. The molecule has 0 spiro atoms. The number of amides is 3. The van der Waals surface area contributed by atoms with Crippen LogP contribution in [0.1, 0.15) is 12.0 Å². The van der Waals surface area contributed by atoms with E-state index in [2.05, 4.69) is 5.32 Å². The summed E-state index contributed by atoms with van der Waals surface area (Å²) in [4.78, 5) is 40.0. The van der Waals surface area contributed by atoms with Gasteiger partial charge in [-0.3, -0.25) is 14.9 Å². The lowest BCUT2D eigenvalue weighted by Gasteiger charge is -2.27. The van der Waals surface area contributed by atoms with Gasteiger partial charge >= 0.3 is 6.09 Å². The quantitative estimate of drug-likeness (QED) is 0.630. The van der Waals surface area contributed by atoms with Gasteiger partial charge in [0.2, 0.25) is 5.91 Å². The van der Waals surface area contributed by atoms with E-state index in [0.29, 0.717) is 29.5 Å². The minimum Gasteiger partial charge on any atom is -0.425 e. The molecule has 2 heterocycles. The summed E-state index contributed by atoms with van der Waals surface area (Å²) in [6.07, 6.45) is 0.654. The first-order valence-electron chi connectivity index (χ1n) is 10.8. The number of nitrogens with zero attached hydrogens (tertiary/aromatic N) is 2. The third-order valence-corrected chi connectivity index (χ3v) is 5.71. The fraction of sp³-hybridized carbons (Fsp3) is 0.292. The summed E-state index contributed by atoms with van der Waals surface area (Å²) in [5, 5.41) is 13.2. The van der Waals surface area contributed by atoms with Crippen molar-refractivity contribution in [2.75, 3.05) is 36.5 Å². The molecule has 2 fully saturated rings. The number of hydrogen-bond acceptors (Lipinski definition) is 6. The van der Waals surface area contributed by atoms with Crippen LogP contribution in [0.25, 0.3) is 6.08 Å². The van der Waals surface area contributed by atoms with Gasteiger partial charge in [-0.15, -0.1) is 0 Å². The number of likely N-dealkylation sites (tertiary alicyclic amines) is 1. The fourth-order valence-electron chi connectivity index (χ4n) is 3.75. The van der Waals surface area contributed by atoms with Gasteiger partial charge in [0.1, 0.15) is 6.61 Å². The number of benzene rings is 2. The SMILES string of the molecule is O=C(Nc1ccc(N2CCOCC2=O)cc1)O[C@@H]1C[C@@H](O)CN1C(=O)/C=C/c1ccc(Cl)cc1. The third-order valence-electron chi connectivity index (χ3n) is 5.45. The van der Waals surface area contributed by atoms with Gasteiger partial charge in [-0.05, 0) is 48.0 Å². The van der Waals surface area contributed by atoms with Crippen LogP contribution in [-0.4, -0.2) is 66.5 Å². The van der Waals surface area contributed by atoms with Gasteiger partial charge in [-0.1, -0.05) is 23.7 Å². The highest BCUT2D eigenvalue weighted by molar-refractivity contribution is 6.30. The molecule has 2 atom stereocenters. The predicted octanol–water partition coefficient (Wildman–Crippen LogP) is 2.88. The van der Waals surface area contributed by atoms with E-state index in [1.807, 2.05) is 0 Å². The molecule has 34 heavy (non-hydrogen) atoms. The first kappa shape index (κ1) is 23.7. The molecule has 178 valence electrons. The Morgan fingerprint density at radius 3 is 2.59 bits per heavy atom. The van der Waals surface area contributed by atoms with Crippen molar-refractivity contribution >= 4 is 47.0 Å². The topological polar surface area (TPSA) is 108 Å². The number of nitrogens with one attached hydrogen (secondary N) is 1. The Labute approximate surface area is 201 Å². The van der Waals surface area contributed by atoms with Gasteiger partial charge < -0.3 is 24.4 Å². The van der Waals surface area contributed by atoms with Crippen molar-refractivity contribution in [3.05, 3.63) is 65.2 Å². The molecular formula is C24H24ClN3O6. The lowest BCUT2D eigenvalue weighted by atomic mass is 10.2. The summed E-state index contributed by atoms with van der Waals surface area (Å²) in [7, 11) is 0. The second-order valence-corrected chi connectivity index (χ2v) is 8.33. The largest absolute Gasteiger partial charge is 0.425 e. The highest BCUT2D eigenvalue weighted by Crippen LogP contribution is 2.23. The van der Waals surface area contributed by atoms with Gasteiger partial charge in [-0.25, -0.2) is 4.79 Å². The molecular weight excluding hydrogens is 462 g/mol. The molecule has 0 radical (unpaired) electrons. The van der Waals surface area contributed by atoms with Crippen LogP contribution >= 0.6 is 11.6 Å². The third kappa shape index (κ3) is 5.93. The molecule has 3 amide bonds. The van der Waals surface area contributed by atoms with Crippen molar-refractivity contribution in [1.82, 2.24) is 4.90 Å². The fourth-order valence-corrected chi connectivity index (χ4v) is 3.87. The molecule has 2 N–H and O–H groups in total. The highest BCUT2D eigenvalue weighted by Gasteiger charge is 2.36. The number of β-amino-alcohol motifs (C(OH)–C–C–N with tert-alkyl or cyclic N) is 1. The van der Waals surface area contributed by atoms with Crippen molar-refractivity contribution in [1.29, 1.82) is 0 Å². The summed E-state index contributed by atoms with van der Waals surface area (Å²) >= 11 is 5.87.